The lowest BCUT2D eigenvalue weighted by molar-refractivity contribution is 0.959. The first-order valence-corrected chi connectivity index (χ1v) is 4.15. The molecule has 0 saturated carbocycles. The molecule has 0 bridgehead atoms. The molecular weight excluding hydrogens is 166 g/mol. The van der Waals surface area contributed by atoms with Crippen molar-refractivity contribution >= 4 is 11.0 Å². The molecule has 1 heterocycles. The molecule has 2 rings (SSSR count). The smallest absolute Gasteiger partial charge is 0.244 e. The van der Waals surface area contributed by atoms with Crippen LogP contribution in [0.25, 0.3) is 11.0 Å². The van der Waals surface area contributed by atoms with Crippen LogP contribution in [0, 0.1) is 0 Å². The number of aryl methyl sites for hydroxylation is 1. The van der Waals surface area contributed by atoms with Crippen molar-refractivity contribution in [3.63, 3.8) is 0 Å². The monoisotopic (exact) mass is 175 g/mol. The second-order valence-electron chi connectivity index (χ2n) is 2.82. The Kier molecular flexibility index (Phi) is 1.81. The summed E-state index contributed by atoms with van der Waals surface area (Å²) in [6, 6.07) is 5.70. The number of rotatable bonds is 1. The number of fused-ring (bicyclic) bond motifs is 1. The summed E-state index contributed by atoms with van der Waals surface area (Å²) < 4.78 is 0. The summed E-state index contributed by atoms with van der Waals surface area (Å²) in [6.45, 7) is 2.07. The van der Waals surface area contributed by atoms with Gasteiger partial charge in [0.05, 0.1) is 5.52 Å². The lowest BCUT2D eigenvalue weighted by atomic mass is 10.1. The summed E-state index contributed by atoms with van der Waals surface area (Å²) in [4.78, 5) is 14.6. The normalized spacial score (nSPS) is 10.5. The van der Waals surface area contributed by atoms with Gasteiger partial charge >= 0.3 is 5.69 Å². The summed E-state index contributed by atoms with van der Waals surface area (Å²) in [7, 11) is 0. The number of nitrogens with one attached hydrogen (secondary N) is 1. The maximum absolute atomic E-state index is 10.8. The molecule has 4 nitrogen and oxygen atoms in total. The van der Waals surface area contributed by atoms with E-state index in [0.717, 1.165) is 11.9 Å². The van der Waals surface area contributed by atoms with E-state index in [-0.39, 0.29) is 0 Å². The first kappa shape index (κ1) is 7.91. The van der Waals surface area contributed by atoms with Gasteiger partial charge in [-0.2, -0.15) is 10.1 Å². The second kappa shape index (κ2) is 2.97. The van der Waals surface area contributed by atoms with E-state index in [1.54, 1.807) is 0 Å². The van der Waals surface area contributed by atoms with Crippen molar-refractivity contribution < 1.29 is 0 Å². The van der Waals surface area contributed by atoms with Gasteiger partial charge < -0.3 is 0 Å². The SMILES string of the molecule is CCc1ccc2nc(=O)[nH]nc2c1. The molecule has 0 unspecified atom stereocenters. The average molecular weight is 175 g/mol. The highest BCUT2D eigenvalue weighted by Crippen LogP contribution is 2.09. The minimum absolute atomic E-state index is 0.406. The Morgan fingerprint density at radius 3 is 3.00 bits per heavy atom. The molecule has 1 aromatic heterocycles. The molecule has 0 aliphatic carbocycles. The number of H-pyrrole nitrogens is 1. The number of hydrogen-bond donors (Lipinski definition) is 1. The molecule has 0 aliphatic rings. The zero-order valence-corrected chi connectivity index (χ0v) is 7.24. The van der Waals surface area contributed by atoms with Gasteiger partial charge in [-0.05, 0) is 24.1 Å². The van der Waals surface area contributed by atoms with Crippen molar-refractivity contribution in [1.82, 2.24) is 15.2 Å². The molecule has 13 heavy (non-hydrogen) atoms. The number of benzene rings is 1. The van der Waals surface area contributed by atoms with E-state index >= 15 is 0 Å². The number of nitrogens with zero attached hydrogens (tertiary/aromatic N) is 2. The van der Waals surface area contributed by atoms with Gasteiger partial charge in [0.2, 0.25) is 0 Å². The Bertz CT molecular complexity index is 489. The third-order valence-electron chi connectivity index (χ3n) is 1.94. The van der Waals surface area contributed by atoms with Crippen LogP contribution in [-0.2, 0) is 6.42 Å². The summed E-state index contributed by atoms with van der Waals surface area (Å²) >= 11 is 0. The predicted molar refractivity (Wildman–Crippen MR) is 49.5 cm³/mol. The summed E-state index contributed by atoms with van der Waals surface area (Å²) in [5.74, 6) is 0. The molecule has 1 N–H and O–H groups in total. The van der Waals surface area contributed by atoms with Crippen LogP contribution in [0.3, 0.4) is 0 Å². The zero-order chi connectivity index (χ0) is 9.26. The summed E-state index contributed by atoms with van der Waals surface area (Å²) in [5.41, 5.74) is 2.16. The lowest BCUT2D eigenvalue weighted by Crippen LogP contribution is -2.11. The van der Waals surface area contributed by atoms with Crippen LogP contribution < -0.4 is 5.69 Å². The molecule has 1 aromatic carbocycles. The van der Waals surface area contributed by atoms with Crippen LogP contribution in [0.2, 0.25) is 0 Å². The average Bonchev–Trinajstić information content (AvgIpc) is 2.17. The third kappa shape index (κ3) is 1.42. The van der Waals surface area contributed by atoms with Crippen LogP contribution in [0.1, 0.15) is 12.5 Å². The Hall–Kier alpha value is -1.71. The fourth-order valence-corrected chi connectivity index (χ4v) is 1.22. The Morgan fingerprint density at radius 1 is 1.38 bits per heavy atom. The fourth-order valence-electron chi connectivity index (χ4n) is 1.22. The van der Waals surface area contributed by atoms with E-state index in [1.807, 2.05) is 18.2 Å². The van der Waals surface area contributed by atoms with E-state index in [1.165, 1.54) is 5.56 Å². The predicted octanol–water partition coefficient (Wildman–Crippen LogP) is 0.880. The Morgan fingerprint density at radius 2 is 2.23 bits per heavy atom. The first-order valence-electron chi connectivity index (χ1n) is 4.15. The van der Waals surface area contributed by atoms with Gasteiger partial charge in [0.15, 0.2) is 0 Å². The molecular formula is C9H9N3O. The summed E-state index contributed by atoms with van der Waals surface area (Å²) in [6.07, 6.45) is 0.955. The van der Waals surface area contributed by atoms with Gasteiger partial charge in [0.25, 0.3) is 0 Å². The van der Waals surface area contributed by atoms with Crippen molar-refractivity contribution in [2.75, 3.05) is 0 Å². The lowest BCUT2D eigenvalue weighted by Gasteiger charge is -1.97. The quantitative estimate of drug-likeness (QED) is 0.699. The van der Waals surface area contributed by atoms with Gasteiger partial charge in [0.1, 0.15) is 5.52 Å². The molecule has 0 aliphatic heterocycles. The number of aromatic nitrogens is 3. The van der Waals surface area contributed by atoms with Crippen LogP contribution >= 0.6 is 0 Å². The first-order chi connectivity index (χ1) is 6.29. The standard InChI is InChI=1S/C9H9N3O/c1-2-6-3-4-7-8(5-6)11-12-9(13)10-7/h3-5H,2H2,1H3,(H,10,12,13). The van der Waals surface area contributed by atoms with Crippen LogP contribution in [0.5, 0.6) is 0 Å². The van der Waals surface area contributed by atoms with Crippen LogP contribution in [-0.4, -0.2) is 15.2 Å². The van der Waals surface area contributed by atoms with Crippen LogP contribution in [0.4, 0.5) is 0 Å². The number of aromatic amines is 1. The van der Waals surface area contributed by atoms with E-state index in [4.69, 9.17) is 0 Å². The van der Waals surface area contributed by atoms with E-state index in [9.17, 15) is 4.79 Å². The Labute approximate surface area is 74.6 Å². The molecule has 0 radical (unpaired) electrons. The highest BCUT2D eigenvalue weighted by atomic mass is 16.1. The van der Waals surface area contributed by atoms with Crippen molar-refractivity contribution in [1.29, 1.82) is 0 Å². The minimum atomic E-state index is -0.406. The van der Waals surface area contributed by atoms with Gasteiger partial charge in [-0.15, -0.1) is 0 Å². The molecule has 0 atom stereocenters. The third-order valence-corrected chi connectivity index (χ3v) is 1.94. The van der Waals surface area contributed by atoms with E-state index < -0.39 is 5.69 Å². The second-order valence-corrected chi connectivity index (χ2v) is 2.82. The van der Waals surface area contributed by atoms with Gasteiger partial charge in [-0.3, -0.25) is 0 Å². The van der Waals surface area contributed by atoms with Crippen molar-refractivity contribution in [2.45, 2.75) is 13.3 Å². The largest absolute Gasteiger partial charge is 0.361 e. The maximum atomic E-state index is 10.8. The number of hydrogen-bond acceptors (Lipinski definition) is 3. The molecule has 2 aromatic rings. The van der Waals surface area contributed by atoms with Crippen molar-refractivity contribution in [3.05, 3.63) is 34.2 Å². The van der Waals surface area contributed by atoms with E-state index in [2.05, 4.69) is 22.1 Å². The molecule has 0 fully saturated rings. The highest BCUT2D eigenvalue weighted by Gasteiger charge is 1.97. The Balaban J connectivity index is 2.73. The minimum Gasteiger partial charge on any atom is -0.244 e. The highest BCUT2D eigenvalue weighted by molar-refractivity contribution is 5.73. The van der Waals surface area contributed by atoms with Gasteiger partial charge in [0, 0.05) is 0 Å². The molecule has 4 heteroatoms. The molecule has 0 spiro atoms. The van der Waals surface area contributed by atoms with E-state index in [0.29, 0.717) is 5.52 Å². The topological polar surface area (TPSA) is 58.6 Å². The van der Waals surface area contributed by atoms with Crippen molar-refractivity contribution in [2.24, 2.45) is 0 Å². The van der Waals surface area contributed by atoms with Crippen molar-refractivity contribution in [3.8, 4) is 0 Å². The molecule has 0 amide bonds. The summed E-state index contributed by atoms with van der Waals surface area (Å²) in [5, 5.41) is 6.20. The fraction of sp³-hybridized carbons (Fsp3) is 0.222. The van der Waals surface area contributed by atoms with Gasteiger partial charge in [-0.25, -0.2) is 9.89 Å². The molecule has 0 saturated heterocycles. The molecule has 66 valence electrons. The van der Waals surface area contributed by atoms with Crippen LogP contribution in [0.15, 0.2) is 23.0 Å². The zero-order valence-electron chi connectivity index (χ0n) is 7.24. The maximum Gasteiger partial charge on any atom is 0.361 e. The van der Waals surface area contributed by atoms with Gasteiger partial charge in [-0.1, -0.05) is 13.0 Å².